The van der Waals surface area contributed by atoms with E-state index in [9.17, 15) is 4.79 Å². The van der Waals surface area contributed by atoms with E-state index in [1.54, 1.807) is 0 Å². The number of hydrogen-bond donors (Lipinski definition) is 1. The van der Waals surface area contributed by atoms with E-state index < -0.39 is 5.97 Å². The predicted octanol–water partition coefficient (Wildman–Crippen LogP) is 1.38. The van der Waals surface area contributed by atoms with Gasteiger partial charge in [-0.2, -0.15) is 0 Å². The number of benzene rings is 1. The molecular formula is C13H15NO4. The van der Waals surface area contributed by atoms with Crippen LogP contribution < -0.4 is 9.47 Å². The molecule has 2 aliphatic heterocycles. The van der Waals surface area contributed by atoms with Crippen molar-refractivity contribution in [3.8, 4) is 11.5 Å². The van der Waals surface area contributed by atoms with Crippen molar-refractivity contribution in [1.82, 2.24) is 4.90 Å². The molecule has 0 bridgehead atoms. The first-order valence-electron chi connectivity index (χ1n) is 6.01. The molecule has 0 spiro atoms. The Morgan fingerprint density at radius 1 is 1.44 bits per heavy atom. The van der Waals surface area contributed by atoms with E-state index >= 15 is 0 Å². The van der Waals surface area contributed by atoms with E-state index in [0.717, 1.165) is 35.6 Å². The van der Waals surface area contributed by atoms with E-state index in [4.69, 9.17) is 14.6 Å². The molecule has 0 saturated carbocycles. The third-order valence-corrected chi connectivity index (χ3v) is 3.62. The van der Waals surface area contributed by atoms with Crippen LogP contribution in [-0.4, -0.2) is 35.4 Å². The molecule has 0 aliphatic carbocycles. The number of rotatable bonds is 3. The molecule has 0 unspecified atom stereocenters. The fourth-order valence-corrected chi connectivity index (χ4v) is 2.38. The average molecular weight is 249 g/mol. The lowest BCUT2D eigenvalue weighted by Gasteiger charge is -2.38. The number of aryl methyl sites for hydroxylation is 1. The number of hydrogen-bond acceptors (Lipinski definition) is 4. The molecule has 3 rings (SSSR count). The number of carboxylic acids is 1. The lowest BCUT2D eigenvalue weighted by atomic mass is 10.00. The van der Waals surface area contributed by atoms with Crippen LogP contribution in [0.5, 0.6) is 11.5 Å². The Kier molecular flexibility index (Phi) is 2.63. The molecule has 18 heavy (non-hydrogen) atoms. The van der Waals surface area contributed by atoms with Gasteiger partial charge in [0.1, 0.15) is 6.04 Å². The van der Waals surface area contributed by atoms with Crippen molar-refractivity contribution in [2.75, 3.05) is 13.3 Å². The molecule has 2 heterocycles. The summed E-state index contributed by atoms with van der Waals surface area (Å²) in [6.45, 7) is 3.76. The highest BCUT2D eigenvalue weighted by Gasteiger charge is 2.34. The standard InChI is InChI=1S/C13H15NO4/c1-8-4-11-12(18-7-17-11)5-9(8)6-14-3-2-10(14)13(15)16/h4-5,10H,2-3,6-7H2,1H3,(H,15,16)/t10-/m0/s1. The Morgan fingerprint density at radius 2 is 2.17 bits per heavy atom. The minimum Gasteiger partial charge on any atom is -0.480 e. The molecular weight excluding hydrogens is 234 g/mol. The normalized spacial score (nSPS) is 21.7. The molecule has 1 saturated heterocycles. The van der Waals surface area contributed by atoms with Crippen molar-refractivity contribution < 1.29 is 19.4 Å². The van der Waals surface area contributed by atoms with Gasteiger partial charge in [0, 0.05) is 13.1 Å². The van der Waals surface area contributed by atoms with Crippen LogP contribution in [-0.2, 0) is 11.3 Å². The number of likely N-dealkylation sites (tertiary alicyclic amines) is 1. The van der Waals surface area contributed by atoms with E-state index in [0.29, 0.717) is 6.54 Å². The highest BCUT2D eigenvalue weighted by molar-refractivity contribution is 5.74. The first-order chi connectivity index (χ1) is 8.65. The Balaban J connectivity index is 1.79. The van der Waals surface area contributed by atoms with Gasteiger partial charge in [-0.25, -0.2) is 0 Å². The van der Waals surface area contributed by atoms with Crippen molar-refractivity contribution >= 4 is 5.97 Å². The highest BCUT2D eigenvalue weighted by atomic mass is 16.7. The Bertz CT molecular complexity index is 500. The molecule has 5 heteroatoms. The Labute approximate surface area is 105 Å². The van der Waals surface area contributed by atoms with Gasteiger partial charge in [0.25, 0.3) is 0 Å². The molecule has 0 amide bonds. The highest BCUT2D eigenvalue weighted by Crippen LogP contribution is 2.35. The summed E-state index contributed by atoms with van der Waals surface area (Å²) in [7, 11) is 0. The molecule has 0 aromatic heterocycles. The van der Waals surface area contributed by atoms with Gasteiger partial charge in [0.05, 0.1) is 0 Å². The van der Waals surface area contributed by atoms with E-state index in [1.807, 2.05) is 24.0 Å². The lowest BCUT2D eigenvalue weighted by molar-refractivity contribution is -0.148. The van der Waals surface area contributed by atoms with Crippen LogP contribution >= 0.6 is 0 Å². The van der Waals surface area contributed by atoms with Crippen molar-refractivity contribution in [2.24, 2.45) is 0 Å². The number of fused-ring (bicyclic) bond motifs is 1. The summed E-state index contributed by atoms with van der Waals surface area (Å²) >= 11 is 0. The van der Waals surface area contributed by atoms with Gasteiger partial charge in [0.15, 0.2) is 11.5 Å². The van der Waals surface area contributed by atoms with Crippen LogP contribution in [0, 0.1) is 6.92 Å². The number of ether oxygens (including phenoxy) is 2. The second kappa shape index (κ2) is 4.17. The molecule has 1 N–H and O–H groups in total. The molecule has 1 fully saturated rings. The van der Waals surface area contributed by atoms with Gasteiger partial charge >= 0.3 is 5.97 Å². The van der Waals surface area contributed by atoms with Gasteiger partial charge < -0.3 is 14.6 Å². The topological polar surface area (TPSA) is 59.0 Å². The maximum Gasteiger partial charge on any atom is 0.320 e. The predicted molar refractivity (Wildman–Crippen MR) is 63.8 cm³/mol. The summed E-state index contributed by atoms with van der Waals surface area (Å²) < 4.78 is 10.7. The SMILES string of the molecule is Cc1cc2c(cc1CN1CC[C@H]1C(=O)O)OCO2. The monoisotopic (exact) mass is 249 g/mol. The van der Waals surface area contributed by atoms with Crippen LogP contribution in [0.2, 0.25) is 0 Å². The number of carbonyl (C=O) groups is 1. The van der Waals surface area contributed by atoms with Crippen LogP contribution in [0.25, 0.3) is 0 Å². The Morgan fingerprint density at radius 3 is 2.78 bits per heavy atom. The smallest absolute Gasteiger partial charge is 0.320 e. The fourth-order valence-electron chi connectivity index (χ4n) is 2.38. The van der Waals surface area contributed by atoms with Gasteiger partial charge in [-0.05, 0) is 36.6 Å². The number of aliphatic carboxylic acids is 1. The van der Waals surface area contributed by atoms with Gasteiger partial charge in [-0.15, -0.1) is 0 Å². The molecule has 1 aromatic carbocycles. The number of carboxylic acid groups (broad SMARTS) is 1. The fraction of sp³-hybridized carbons (Fsp3) is 0.462. The van der Waals surface area contributed by atoms with Crippen molar-refractivity contribution in [3.63, 3.8) is 0 Å². The zero-order chi connectivity index (χ0) is 12.7. The third-order valence-electron chi connectivity index (χ3n) is 3.62. The quantitative estimate of drug-likeness (QED) is 0.877. The first kappa shape index (κ1) is 11.3. The zero-order valence-corrected chi connectivity index (χ0v) is 10.2. The lowest BCUT2D eigenvalue weighted by Crippen LogP contribution is -2.51. The van der Waals surface area contributed by atoms with Crippen molar-refractivity contribution in [1.29, 1.82) is 0 Å². The zero-order valence-electron chi connectivity index (χ0n) is 10.2. The summed E-state index contributed by atoms with van der Waals surface area (Å²) in [6.07, 6.45) is 0.735. The molecule has 0 radical (unpaired) electrons. The van der Waals surface area contributed by atoms with Crippen LogP contribution in [0.3, 0.4) is 0 Å². The summed E-state index contributed by atoms with van der Waals surface area (Å²) in [5.74, 6) is 0.789. The summed E-state index contributed by atoms with van der Waals surface area (Å²) in [5.41, 5.74) is 2.21. The minimum absolute atomic E-state index is 0.264. The van der Waals surface area contributed by atoms with E-state index in [-0.39, 0.29) is 12.8 Å². The second-order valence-electron chi connectivity index (χ2n) is 4.75. The van der Waals surface area contributed by atoms with Crippen molar-refractivity contribution in [3.05, 3.63) is 23.3 Å². The second-order valence-corrected chi connectivity index (χ2v) is 4.75. The molecule has 1 atom stereocenters. The van der Waals surface area contributed by atoms with E-state index in [1.165, 1.54) is 0 Å². The van der Waals surface area contributed by atoms with E-state index in [2.05, 4.69) is 0 Å². The first-order valence-corrected chi connectivity index (χ1v) is 6.01. The van der Waals surface area contributed by atoms with Gasteiger partial charge in [-0.3, -0.25) is 9.69 Å². The molecule has 5 nitrogen and oxygen atoms in total. The van der Waals surface area contributed by atoms with Crippen LogP contribution in [0.15, 0.2) is 12.1 Å². The van der Waals surface area contributed by atoms with Crippen molar-refractivity contribution in [2.45, 2.75) is 25.9 Å². The maximum absolute atomic E-state index is 11.0. The van der Waals surface area contributed by atoms with Gasteiger partial charge in [-0.1, -0.05) is 0 Å². The van der Waals surface area contributed by atoms with Crippen LogP contribution in [0.1, 0.15) is 17.5 Å². The maximum atomic E-state index is 11.0. The third kappa shape index (κ3) is 1.80. The summed E-state index contributed by atoms with van der Waals surface area (Å²) in [6, 6.07) is 3.57. The van der Waals surface area contributed by atoms with Gasteiger partial charge in [0.2, 0.25) is 6.79 Å². The molecule has 96 valence electrons. The Hall–Kier alpha value is -1.75. The molecule has 2 aliphatic rings. The summed E-state index contributed by atoms with van der Waals surface area (Å²) in [5, 5.41) is 9.02. The molecule has 1 aromatic rings. The summed E-state index contributed by atoms with van der Waals surface area (Å²) in [4.78, 5) is 12.9. The minimum atomic E-state index is -0.736. The largest absolute Gasteiger partial charge is 0.480 e. The number of nitrogens with zero attached hydrogens (tertiary/aromatic N) is 1. The average Bonchev–Trinajstić information content (AvgIpc) is 2.70. The van der Waals surface area contributed by atoms with Crippen LogP contribution in [0.4, 0.5) is 0 Å².